The molecule has 0 bridgehead atoms. The van der Waals surface area contributed by atoms with E-state index in [9.17, 15) is 13.6 Å². The number of benzene rings is 2. The van der Waals surface area contributed by atoms with Crippen molar-refractivity contribution in [3.8, 4) is 6.19 Å². The van der Waals surface area contributed by atoms with Crippen molar-refractivity contribution < 1.29 is 13.6 Å². The molecule has 1 fully saturated rings. The topological polar surface area (TPSA) is 113 Å². The molecule has 1 unspecified atom stereocenters. The van der Waals surface area contributed by atoms with Gasteiger partial charge in [-0.15, -0.1) is 4.99 Å². The summed E-state index contributed by atoms with van der Waals surface area (Å²) in [6.45, 7) is 2.06. The third kappa shape index (κ3) is 6.15. The highest BCUT2D eigenvalue weighted by Crippen LogP contribution is 2.51. The lowest BCUT2D eigenvalue weighted by atomic mass is 10.00. The first kappa shape index (κ1) is 28.3. The maximum atomic E-state index is 14.9. The number of carbonyl (C=O) groups is 1. The maximum Gasteiger partial charge on any atom is 0.342 e. The number of nitrogens with zero attached hydrogens (tertiary/aromatic N) is 6. The Morgan fingerprint density at radius 1 is 1.26 bits per heavy atom. The minimum Gasteiger partial charge on any atom is -0.369 e. The summed E-state index contributed by atoms with van der Waals surface area (Å²) in [7, 11) is 3.49. The van der Waals surface area contributed by atoms with Crippen molar-refractivity contribution in [3.63, 3.8) is 0 Å². The van der Waals surface area contributed by atoms with Gasteiger partial charge >= 0.3 is 6.03 Å². The van der Waals surface area contributed by atoms with Crippen LogP contribution in [0.1, 0.15) is 36.8 Å². The van der Waals surface area contributed by atoms with Crippen molar-refractivity contribution in [2.45, 2.75) is 36.6 Å². The molecule has 2 amide bonds. The van der Waals surface area contributed by atoms with Gasteiger partial charge in [-0.2, -0.15) is 15.4 Å². The highest BCUT2D eigenvalue weighted by Gasteiger charge is 2.50. The van der Waals surface area contributed by atoms with Crippen LogP contribution in [0.4, 0.5) is 13.6 Å². The van der Waals surface area contributed by atoms with Gasteiger partial charge in [-0.05, 0) is 62.5 Å². The van der Waals surface area contributed by atoms with Gasteiger partial charge < -0.3 is 20.9 Å². The fourth-order valence-corrected chi connectivity index (χ4v) is 6.26. The Labute approximate surface area is 231 Å². The number of thioether (sulfide) groups is 1. The molecule has 0 aliphatic carbocycles. The van der Waals surface area contributed by atoms with Crippen LogP contribution in [-0.4, -0.2) is 71.6 Å². The van der Waals surface area contributed by atoms with Gasteiger partial charge in [0.1, 0.15) is 21.5 Å². The fourth-order valence-electron chi connectivity index (χ4n) is 4.85. The van der Waals surface area contributed by atoms with Gasteiger partial charge in [0.2, 0.25) is 12.2 Å². The summed E-state index contributed by atoms with van der Waals surface area (Å²) in [5, 5.41) is 18.5. The lowest BCUT2D eigenvalue weighted by Gasteiger charge is -2.40. The first-order valence-electron chi connectivity index (χ1n) is 12.8. The number of rotatable bonds is 7. The van der Waals surface area contributed by atoms with E-state index < -0.39 is 16.5 Å². The van der Waals surface area contributed by atoms with Crippen LogP contribution >= 0.6 is 11.8 Å². The predicted molar refractivity (Wildman–Crippen MR) is 149 cm³/mol. The third-order valence-corrected chi connectivity index (χ3v) is 8.53. The average molecular weight is 555 g/mol. The predicted octanol–water partition coefficient (Wildman–Crippen LogP) is 3.84. The molecule has 39 heavy (non-hydrogen) atoms. The zero-order chi connectivity index (χ0) is 28.0. The zero-order valence-corrected chi connectivity index (χ0v) is 22.8. The van der Waals surface area contributed by atoms with Crippen molar-refractivity contribution in [1.82, 2.24) is 20.1 Å². The Morgan fingerprint density at radius 3 is 2.67 bits per heavy atom. The van der Waals surface area contributed by atoms with Gasteiger partial charge in [-0.1, -0.05) is 42.1 Å². The Bertz CT molecular complexity index is 1280. The molecule has 0 spiro atoms. The first-order valence-corrected chi connectivity index (χ1v) is 13.6. The Hall–Kier alpha value is -3.69. The van der Waals surface area contributed by atoms with Crippen molar-refractivity contribution in [3.05, 3.63) is 71.3 Å². The smallest absolute Gasteiger partial charge is 0.342 e. The van der Waals surface area contributed by atoms with Crippen LogP contribution in [0.3, 0.4) is 0 Å². The molecule has 9 nitrogen and oxygen atoms in total. The molecule has 4 rings (SSSR count). The number of urea groups is 1. The highest BCUT2D eigenvalue weighted by molar-refractivity contribution is 8.15. The van der Waals surface area contributed by atoms with Crippen molar-refractivity contribution in [2.24, 2.45) is 15.8 Å². The van der Waals surface area contributed by atoms with Crippen LogP contribution in [-0.2, 0) is 4.87 Å². The highest BCUT2D eigenvalue weighted by atomic mass is 32.2. The largest absolute Gasteiger partial charge is 0.369 e. The second-order valence-corrected chi connectivity index (χ2v) is 10.8. The summed E-state index contributed by atoms with van der Waals surface area (Å²) in [6.07, 6.45) is 4.25. The van der Waals surface area contributed by atoms with Crippen LogP contribution in [0.5, 0.6) is 0 Å². The molecule has 2 aliphatic heterocycles. The standard InChI is InChI=1S/C27H32F2N8OS/c1-35(25(31)33-18-30)16-6-13-27(19-7-4-3-5-8-19)37(26(38)36(2)21-11-14-32-15-12-21)34-24(39-27)22-17-20(28)9-10-23(22)29/h3-5,7-10,17,21,32H,6,11-16H2,1-2H3,(H2,31,33). The molecule has 2 heterocycles. The summed E-state index contributed by atoms with van der Waals surface area (Å²) < 4.78 is 29.1. The molecule has 2 aromatic rings. The second-order valence-electron chi connectivity index (χ2n) is 9.56. The molecule has 1 atom stereocenters. The van der Waals surface area contributed by atoms with Crippen LogP contribution in [0.2, 0.25) is 0 Å². The number of piperidine rings is 1. The number of aliphatic imine (C=N–C) groups is 1. The molecule has 0 radical (unpaired) electrons. The van der Waals surface area contributed by atoms with E-state index in [-0.39, 0.29) is 28.6 Å². The molecular weight excluding hydrogens is 522 g/mol. The number of hydrazone groups is 1. The number of carbonyl (C=O) groups excluding carboxylic acids is 1. The number of amides is 2. The number of nitriles is 1. The molecule has 3 N–H and O–H groups in total. The van der Waals surface area contributed by atoms with E-state index in [1.54, 1.807) is 30.1 Å². The van der Waals surface area contributed by atoms with Crippen molar-refractivity contribution in [1.29, 1.82) is 5.26 Å². The Morgan fingerprint density at radius 2 is 1.97 bits per heavy atom. The average Bonchev–Trinajstić information content (AvgIpc) is 3.35. The summed E-state index contributed by atoms with van der Waals surface area (Å²) in [5.74, 6) is -1.13. The van der Waals surface area contributed by atoms with Crippen LogP contribution < -0.4 is 11.1 Å². The van der Waals surface area contributed by atoms with E-state index >= 15 is 0 Å². The lowest BCUT2D eigenvalue weighted by Crippen LogP contribution is -2.52. The monoisotopic (exact) mass is 554 g/mol. The summed E-state index contributed by atoms with van der Waals surface area (Å²) >= 11 is 1.24. The molecule has 1 saturated heterocycles. The molecule has 12 heteroatoms. The summed E-state index contributed by atoms with van der Waals surface area (Å²) in [4.78, 5) is 20.0. The quantitative estimate of drug-likeness (QED) is 0.306. The Balaban J connectivity index is 1.74. The van der Waals surface area contributed by atoms with E-state index in [0.29, 0.717) is 19.4 Å². The van der Waals surface area contributed by atoms with Crippen LogP contribution in [0, 0.1) is 23.1 Å². The number of nitrogens with one attached hydrogen (secondary N) is 1. The molecule has 2 aliphatic rings. The second kappa shape index (κ2) is 12.4. The minimum atomic E-state index is -1.03. The molecule has 0 aromatic heterocycles. The molecular formula is C27H32F2N8OS. The number of guanidine groups is 1. The molecule has 206 valence electrons. The number of hydrogen-bond acceptors (Lipinski definition) is 6. The third-order valence-electron chi connectivity index (χ3n) is 7.09. The van der Waals surface area contributed by atoms with E-state index in [2.05, 4.69) is 15.4 Å². The maximum absolute atomic E-state index is 14.9. The number of hydrogen-bond donors (Lipinski definition) is 2. The number of nitrogens with two attached hydrogens (primary N) is 1. The van der Waals surface area contributed by atoms with Gasteiger partial charge in [0, 0.05) is 32.2 Å². The van der Waals surface area contributed by atoms with Gasteiger partial charge in [-0.3, -0.25) is 0 Å². The summed E-state index contributed by atoms with van der Waals surface area (Å²) in [5.41, 5.74) is 6.67. The van der Waals surface area contributed by atoms with Crippen LogP contribution in [0.15, 0.2) is 58.6 Å². The first-order chi connectivity index (χ1) is 18.8. The normalized spacial score (nSPS) is 19.9. The summed E-state index contributed by atoms with van der Waals surface area (Å²) in [6, 6.07) is 12.4. The van der Waals surface area contributed by atoms with Gasteiger partial charge in [0.15, 0.2) is 0 Å². The van der Waals surface area contributed by atoms with E-state index in [4.69, 9.17) is 11.0 Å². The SMILES string of the molecule is CN(CCCC1(c2ccccc2)SC(c2cc(F)ccc2F)=NN1C(=O)N(C)C1CCNCC1)C(N)=NC#N. The lowest BCUT2D eigenvalue weighted by molar-refractivity contribution is 0.110. The van der Waals surface area contributed by atoms with E-state index in [1.807, 2.05) is 30.3 Å². The van der Waals surface area contributed by atoms with Crippen molar-refractivity contribution in [2.75, 3.05) is 33.7 Å². The zero-order valence-electron chi connectivity index (χ0n) is 22.0. The molecule has 0 saturated carbocycles. The van der Waals surface area contributed by atoms with E-state index in [0.717, 1.165) is 49.7 Å². The minimum absolute atomic E-state index is 0.00245. The molecule has 2 aromatic carbocycles. The van der Waals surface area contributed by atoms with Gasteiger partial charge in [0.05, 0.1) is 0 Å². The van der Waals surface area contributed by atoms with Gasteiger partial charge in [-0.25, -0.2) is 13.6 Å². The van der Waals surface area contributed by atoms with Crippen molar-refractivity contribution >= 4 is 28.8 Å². The Kier molecular flexibility index (Phi) is 9.04. The fraction of sp³-hybridized carbons (Fsp3) is 0.407. The van der Waals surface area contributed by atoms with Crippen LogP contribution in [0.25, 0.3) is 0 Å². The van der Waals surface area contributed by atoms with E-state index in [1.165, 1.54) is 16.8 Å². The van der Waals surface area contributed by atoms with Gasteiger partial charge in [0.25, 0.3) is 0 Å². The number of halogens is 2.